The summed E-state index contributed by atoms with van der Waals surface area (Å²) in [7, 11) is 0. The van der Waals surface area contributed by atoms with Crippen LogP contribution in [0.1, 0.15) is 38.7 Å². The molecule has 2 heterocycles. The van der Waals surface area contributed by atoms with Crippen LogP contribution in [0.3, 0.4) is 0 Å². The third-order valence-corrected chi connectivity index (χ3v) is 4.75. The first-order chi connectivity index (χ1) is 10.7. The lowest BCUT2D eigenvalue weighted by atomic mass is 9.92. The number of nitrogens with zero attached hydrogens (tertiary/aromatic N) is 1. The molecular formula is C18H26N2O2. The maximum Gasteiger partial charge on any atom is 0.224 e. The number of carbonyl (C=O) groups is 1. The van der Waals surface area contributed by atoms with Crippen LogP contribution in [0.4, 0.5) is 5.69 Å². The fourth-order valence-electron chi connectivity index (χ4n) is 3.46. The third-order valence-electron chi connectivity index (χ3n) is 4.75. The zero-order valence-corrected chi connectivity index (χ0v) is 13.6. The van der Waals surface area contributed by atoms with Gasteiger partial charge in [0.1, 0.15) is 11.9 Å². The molecule has 1 aromatic carbocycles. The molecule has 4 nitrogen and oxygen atoms in total. The minimum Gasteiger partial charge on any atom is -0.486 e. The van der Waals surface area contributed by atoms with Gasteiger partial charge in [0, 0.05) is 6.92 Å². The maximum atomic E-state index is 12.0. The van der Waals surface area contributed by atoms with Gasteiger partial charge in [0.25, 0.3) is 0 Å². The molecule has 1 aromatic rings. The van der Waals surface area contributed by atoms with Crippen molar-refractivity contribution in [1.29, 1.82) is 0 Å². The van der Waals surface area contributed by atoms with E-state index in [9.17, 15) is 4.79 Å². The van der Waals surface area contributed by atoms with E-state index in [1.807, 2.05) is 11.0 Å². The molecule has 0 radical (unpaired) electrons. The summed E-state index contributed by atoms with van der Waals surface area (Å²) >= 11 is 0. The molecule has 120 valence electrons. The predicted molar refractivity (Wildman–Crippen MR) is 88.5 cm³/mol. The number of hydrogen-bond acceptors (Lipinski definition) is 3. The number of hydrogen-bond donors (Lipinski definition) is 1. The van der Waals surface area contributed by atoms with Gasteiger partial charge >= 0.3 is 0 Å². The van der Waals surface area contributed by atoms with Crippen LogP contribution in [-0.2, 0) is 11.2 Å². The van der Waals surface area contributed by atoms with Crippen molar-refractivity contribution in [1.82, 2.24) is 5.32 Å². The molecule has 1 fully saturated rings. The Morgan fingerprint density at radius 2 is 2.32 bits per heavy atom. The zero-order valence-electron chi connectivity index (χ0n) is 13.6. The highest BCUT2D eigenvalue weighted by molar-refractivity contribution is 5.93. The second-order valence-electron chi connectivity index (χ2n) is 6.50. The lowest BCUT2D eigenvalue weighted by Gasteiger charge is -2.34. The van der Waals surface area contributed by atoms with Crippen LogP contribution in [0.25, 0.3) is 0 Å². The van der Waals surface area contributed by atoms with E-state index < -0.39 is 0 Å². The fourth-order valence-corrected chi connectivity index (χ4v) is 3.46. The Morgan fingerprint density at radius 3 is 3.00 bits per heavy atom. The summed E-state index contributed by atoms with van der Waals surface area (Å²) < 4.78 is 6.00. The van der Waals surface area contributed by atoms with Crippen LogP contribution in [0.5, 0.6) is 5.75 Å². The molecule has 2 atom stereocenters. The van der Waals surface area contributed by atoms with Gasteiger partial charge in [-0.3, -0.25) is 4.79 Å². The molecule has 0 bridgehead atoms. The van der Waals surface area contributed by atoms with E-state index in [0.29, 0.717) is 12.5 Å². The Balaban J connectivity index is 1.81. The number of piperidine rings is 1. The monoisotopic (exact) mass is 302 g/mol. The first-order valence-electron chi connectivity index (χ1n) is 8.45. The molecule has 0 spiro atoms. The first-order valence-corrected chi connectivity index (χ1v) is 8.45. The second-order valence-corrected chi connectivity index (χ2v) is 6.50. The molecular weight excluding hydrogens is 276 g/mol. The van der Waals surface area contributed by atoms with Gasteiger partial charge in [-0.25, -0.2) is 0 Å². The minimum atomic E-state index is 0.0967. The van der Waals surface area contributed by atoms with Gasteiger partial charge in [-0.05, 0) is 62.4 Å². The molecule has 3 rings (SSSR count). The van der Waals surface area contributed by atoms with Crippen molar-refractivity contribution < 1.29 is 9.53 Å². The second kappa shape index (κ2) is 6.69. The van der Waals surface area contributed by atoms with Crippen LogP contribution < -0.4 is 15.0 Å². The molecule has 1 amide bonds. The molecule has 0 aliphatic carbocycles. The van der Waals surface area contributed by atoms with E-state index in [4.69, 9.17) is 4.74 Å². The zero-order chi connectivity index (χ0) is 15.5. The van der Waals surface area contributed by atoms with Crippen LogP contribution >= 0.6 is 0 Å². The molecule has 4 heteroatoms. The Hall–Kier alpha value is -1.55. The average Bonchev–Trinajstić information content (AvgIpc) is 2.54. The molecule has 2 unspecified atom stereocenters. The van der Waals surface area contributed by atoms with Crippen LogP contribution in [0.2, 0.25) is 0 Å². The number of benzene rings is 1. The number of fused-ring (bicyclic) bond motifs is 1. The number of nitrogens with one attached hydrogen (secondary N) is 1. The van der Waals surface area contributed by atoms with Gasteiger partial charge in [0.15, 0.2) is 0 Å². The summed E-state index contributed by atoms with van der Waals surface area (Å²) in [6.07, 6.45) is 4.64. The molecule has 22 heavy (non-hydrogen) atoms. The number of amides is 1. The van der Waals surface area contributed by atoms with Gasteiger partial charge in [-0.2, -0.15) is 0 Å². The van der Waals surface area contributed by atoms with E-state index in [-0.39, 0.29) is 12.0 Å². The largest absolute Gasteiger partial charge is 0.486 e. The van der Waals surface area contributed by atoms with Crippen molar-refractivity contribution in [3.63, 3.8) is 0 Å². The number of ether oxygens (including phenoxy) is 1. The van der Waals surface area contributed by atoms with E-state index in [1.54, 1.807) is 6.92 Å². The summed E-state index contributed by atoms with van der Waals surface area (Å²) in [6, 6.07) is 6.35. The van der Waals surface area contributed by atoms with Crippen molar-refractivity contribution >= 4 is 11.6 Å². The van der Waals surface area contributed by atoms with Crippen LogP contribution in [0.15, 0.2) is 18.2 Å². The highest BCUT2D eigenvalue weighted by atomic mass is 16.5. The Kier molecular flexibility index (Phi) is 4.67. The normalized spacial score (nSPS) is 24.5. The summed E-state index contributed by atoms with van der Waals surface area (Å²) in [5, 5.41) is 3.47. The van der Waals surface area contributed by atoms with Crippen molar-refractivity contribution in [2.45, 2.75) is 45.6 Å². The Morgan fingerprint density at radius 1 is 1.45 bits per heavy atom. The highest BCUT2D eigenvalue weighted by Crippen LogP contribution is 2.35. The van der Waals surface area contributed by atoms with Crippen molar-refractivity contribution in [2.24, 2.45) is 5.92 Å². The summed E-state index contributed by atoms with van der Waals surface area (Å²) in [6.45, 7) is 6.64. The Labute approximate surface area is 132 Å². The van der Waals surface area contributed by atoms with Gasteiger partial charge < -0.3 is 15.0 Å². The van der Waals surface area contributed by atoms with Gasteiger partial charge in [-0.1, -0.05) is 13.0 Å². The van der Waals surface area contributed by atoms with Crippen molar-refractivity contribution in [3.05, 3.63) is 23.8 Å². The molecule has 1 N–H and O–H groups in total. The fraction of sp³-hybridized carbons (Fsp3) is 0.611. The maximum absolute atomic E-state index is 12.0. The highest BCUT2D eigenvalue weighted by Gasteiger charge is 2.27. The van der Waals surface area contributed by atoms with E-state index in [1.165, 1.54) is 18.4 Å². The third kappa shape index (κ3) is 3.27. The van der Waals surface area contributed by atoms with Crippen LogP contribution in [-0.4, -0.2) is 31.6 Å². The predicted octanol–water partition coefficient (Wildman–Crippen LogP) is 2.75. The SMILES string of the molecule is CCC1CN(C(C)=O)c2cc(CC3CCCNC3)ccc2O1. The number of rotatable bonds is 3. The standard InChI is InChI=1S/C18H26N2O2/c1-3-16-12-20(13(2)21)17-10-14(6-7-18(17)22-16)9-15-5-4-8-19-11-15/h6-7,10,15-16,19H,3-5,8-9,11-12H2,1-2H3. The average molecular weight is 302 g/mol. The van der Waals surface area contributed by atoms with Gasteiger partial charge in [-0.15, -0.1) is 0 Å². The molecule has 2 aliphatic rings. The number of carbonyl (C=O) groups excluding carboxylic acids is 1. The Bertz CT molecular complexity index is 538. The summed E-state index contributed by atoms with van der Waals surface area (Å²) in [4.78, 5) is 13.9. The molecule has 0 aromatic heterocycles. The minimum absolute atomic E-state index is 0.0967. The van der Waals surface area contributed by atoms with E-state index >= 15 is 0 Å². The molecule has 1 saturated heterocycles. The van der Waals surface area contributed by atoms with E-state index in [2.05, 4.69) is 24.4 Å². The van der Waals surface area contributed by atoms with Gasteiger partial charge in [0.05, 0.1) is 12.2 Å². The van der Waals surface area contributed by atoms with Gasteiger partial charge in [0.2, 0.25) is 5.91 Å². The molecule has 2 aliphatic heterocycles. The number of anilines is 1. The van der Waals surface area contributed by atoms with Crippen molar-refractivity contribution in [2.75, 3.05) is 24.5 Å². The lowest BCUT2D eigenvalue weighted by Crippen LogP contribution is -2.42. The van der Waals surface area contributed by atoms with Crippen LogP contribution in [0, 0.1) is 5.92 Å². The quantitative estimate of drug-likeness (QED) is 0.933. The smallest absolute Gasteiger partial charge is 0.224 e. The first kappa shape index (κ1) is 15.3. The van der Waals surface area contributed by atoms with Crippen molar-refractivity contribution in [3.8, 4) is 5.75 Å². The topological polar surface area (TPSA) is 41.6 Å². The van der Waals surface area contributed by atoms with E-state index in [0.717, 1.165) is 37.4 Å². The molecule has 0 saturated carbocycles. The summed E-state index contributed by atoms with van der Waals surface area (Å²) in [5.41, 5.74) is 2.25. The summed E-state index contributed by atoms with van der Waals surface area (Å²) in [5.74, 6) is 1.64. The lowest BCUT2D eigenvalue weighted by molar-refractivity contribution is -0.117.